The Morgan fingerprint density at radius 1 is 0.889 bits per heavy atom. The zero-order valence-corrected chi connectivity index (χ0v) is 19.3. The summed E-state index contributed by atoms with van der Waals surface area (Å²) in [5.74, 6) is 0.102. The van der Waals surface area contributed by atoms with Gasteiger partial charge in [-0.3, -0.25) is 19.7 Å². The van der Waals surface area contributed by atoms with Gasteiger partial charge in [0, 0.05) is 54.8 Å². The maximum Gasteiger partial charge on any atom is 0.259 e. The number of hydrogen-bond donors (Lipinski definition) is 2. The van der Waals surface area contributed by atoms with Gasteiger partial charge in [0.25, 0.3) is 5.91 Å². The van der Waals surface area contributed by atoms with Gasteiger partial charge in [-0.15, -0.1) is 0 Å². The van der Waals surface area contributed by atoms with Gasteiger partial charge in [-0.1, -0.05) is 12.1 Å². The highest BCUT2D eigenvalue weighted by Gasteiger charge is 2.15. The first-order valence-electron chi connectivity index (χ1n) is 11.2. The molecule has 174 valence electrons. The number of carbonyl (C=O) groups is 1. The van der Waals surface area contributed by atoms with Gasteiger partial charge in [-0.25, -0.2) is 9.97 Å². The molecule has 0 atom stereocenters. The first-order valence-corrected chi connectivity index (χ1v) is 11.2. The summed E-state index contributed by atoms with van der Waals surface area (Å²) in [5.41, 5.74) is 6.34. The number of aryl methyl sites for hydroxylation is 1. The lowest BCUT2D eigenvalue weighted by atomic mass is 10.0. The van der Waals surface area contributed by atoms with Crippen molar-refractivity contribution in [3.8, 4) is 11.1 Å². The molecule has 0 radical (unpaired) electrons. The Kier molecular flexibility index (Phi) is 5.27. The summed E-state index contributed by atoms with van der Waals surface area (Å²) < 4.78 is 2.09. The second-order valence-electron chi connectivity index (χ2n) is 8.24. The van der Waals surface area contributed by atoms with Crippen LogP contribution in [0.15, 0.2) is 92.0 Å². The first-order chi connectivity index (χ1) is 17.7. The summed E-state index contributed by atoms with van der Waals surface area (Å²) >= 11 is 0. The normalized spacial score (nSPS) is 11.0. The van der Waals surface area contributed by atoms with Crippen LogP contribution in [-0.4, -0.2) is 35.4 Å². The number of anilines is 3. The van der Waals surface area contributed by atoms with Crippen LogP contribution in [0.25, 0.3) is 33.1 Å². The average molecular weight is 473 g/mol. The Labute approximate surface area is 205 Å². The number of fused-ring (bicyclic) bond motifs is 2. The maximum atomic E-state index is 13.0. The van der Waals surface area contributed by atoms with Crippen molar-refractivity contribution in [2.45, 2.75) is 0 Å². The van der Waals surface area contributed by atoms with Gasteiger partial charge in [0.1, 0.15) is 12.1 Å². The molecule has 4 aromatic heterocycles. The number of pyridine rings is 1. The SMILES string of the molecule is Cn1ccc2ccc(-c3cc(Nc4cnccc4C(=O)Nc4ccncn4)cc4nccnc34)cc21. The fourth-order valence-electron chi connectivity index (χ4n) is 4.19. The summed E-state index contributed by atoms with van der Waals surface area (Å²) in [4.78, 5) is 34.3. The van der Waals surface area contributed by atoms with E-state index in [0.717, 1.165) is 33.4 Å². The molecule has 6 aromatic rings. The van der Waals surface area contributed by atoms with Crippen LogP contribution in [0, 0.1) is 0 Å². The molecule has 0 saturated heterocycles. The lowest BCUT2D eigenvalue weighted by molar-refractivity contribution is 0.102. The van der Waals surface area contributed by atoms with Crippen molar-refractivity contribution >= 4 is 45.0 Å². The molecule has 0 aliphatic carbocycles. The van der Waals surface area contributed by atoms with Crippen LogP contribution in [0.5, 0.6) is 0 Å². The van der Waals surface area contributed by atoms with Crippen LogP contribution < -0.4 is 10.6 Å². The number of amides is 1. The number of carbonyl (C=O) groups excluding carboxylic acids is 1. The van der Waals surface area contributed by atoms with Crippen LogP contribution in [0.1, 0.15) is 10.4 Å². The van der Waals surface area contributed by atoms with E-state index in [1.807, 2.05) is 25.4 Å². The summed E-state index contributed by atoms with van der Waals surface area (Å²) in [6.45, 7) is 0. The van der Waals surface area contributed by atoms with Crippen LogP contribution >= 0.6 is 0 Å². The van der Waals surface area contributed by atoms with Crippen molar-refractivity contribution in [2.75, 3.05) is 10.6 Å². The molecule has 4 heterocycles. The fourth-order valence-corrected chi connectivity index (χ4v) is 4.19. The van der Waals surface area contributed by atoms with E-state index >= 15 is 0 Å². The standard InChI is InChI=1S/C27H20N8O/c1-35-11-6-17-2-3-18(12-24(17)35)21-13-19(14-22-26(21)31-10-9-30-22)33-23-15-28-7-4-20(23)27(36)34-25-5-8-29-16-32-25/h2-16,33H,1H3,(H,29,32,34,36). The molecular formula is C27H20N8O. The van der Waals surface area contributed by atoms with E-state index in [1.165, 1.54) is 11.7 Å². The van der Waals surface area contributed by atoms with Crippen molar-refractivity contribution in [2.24, 2.45) is 7.05 Å². The zero-order chi connectivity index (χ0) is 24.5. The average Bonchev–Trinajstić information content (AvgIpc) is 3.29. The van der Waals surface area contributed by atoms with E-state index in [4.69, 9.17) is 0 Å². The zero-order valence-electron chi connectivity index (χ0n) is 19.3. The highest BCUT2D eigenvalue weighted by atomic mass is 16.1. The molecule has 1 amide bonds. The third-order valence-electron chi connectivity index (χ3n) is 5.94. The fraction of sp³-hybridized carbons (Fsp3) is 0.0370. The van der Waals surface area contributed by atoms with Crippen molar-refractivity contribution in [1.29, 1.82) is 0 Å². The largest absolute Gasteiger partial charge is 0.354 e. The lowest BCUT2D eigenvalue weighted by Crippen LogP contribution is -2.15. The van der Waals surface area contributed by atoms with Crippen molar-refractivity contribution in [3.63, 3.8) is 0 Å². The third kappa shape index (κ3) is 3.98. The van der Waals surface area contributed by atoms with Gasteiger partial charge in [-0.05, 0) is 47.3 Å². The van der Waals surface area contributed by atoms with Gasteiger partial charge in [0.15, 0.2) is 0 Å². The summed E-state index contributed by atoms with van der Waals surface area (Å²) in [6.07, 6.45) is 11.5. The van der Waals surface area contributed by atoms with Gasteiger partial charge in [0.2, 0.25) is 0 Å². The van der Waals surface area contributed by atoms with Gasteiger partial charge in [0.05, 0.1) is 28.5 Å². The quantitative estimate of drug-likeness (QED) is 0.364. The number of hydrogen-bond acceptors (Lipinski definition) is 7. The molecule has 0 saturated carbocycles. The number of nitrogens with zero attached hydrogens (tertiary/aromatic N) is 6. The van der Waals surface area contributed by atoms with Gasteiger partial charge in [-0.2, -0.15) is 0 Å². The van der Waals surface area contributed by atoms with Crippen LogP contribution in [0.4, 0.5) is 17.2 Å². The summed E-state index contributed by atoms with van der Waals surface area (Å²) in [6, 6.07) is 15.6. The van der Waals surface area contributed by atoms with Crippen LogP contribution in [0.3, 0.4) is 0 Å². The molecule has 2 N–H and O–H groups in total. The number of aromatic nitrogens is 6. The van der Waals surface area contributed by atoms with E-state index in [-0.39, 0.29) is 5.91 Å². The summed E-state index contributed by atoms with van der Waals surface area (Å²) in [7, 11) is 2.03. The molecule has 0 aliphatic heterocycles. The van der Waals surface area contributed by atoms with Crippen molar-refractivity contribution in [1.82, 2.24) is 29.5 Å². The van der Waals surface area contributed by atoms with Crippen LogP contribution in [0.2, 0.25) is 0 Å². The van der Waals surface area contributed by atoms with E-state index in [0.29, 0.717) is 17.1 Å². The molecule has 6 rings (SSSR count). The van der Waals surface area contributed by atoms with Crippen molar-refractivity contribution < 1.29 is 4.79 Å². The maximum absolute atomic E-state index is 13.0. The Bertz CT molecular complexity index is 1730. The smallest absolute Gasteiger partial charge is 0.259 e. The number of rotatable bonds is 5. The Morgan fingerprint density at radius 3 is 2.67 bits per heavy atom. The first kappa shape index (κ1) is 21.4. The lowest BCUT2D eigenvalue weighted by Gasteiger charge is -2.14. The topological polar surface area (TPSA) is 111 Å². The second kappa shape index (κ2) is 8.88. The van der Waals surface area contributed by atoms with Crippen molar-refractivity contribution in [3.05, 3.63) is 97.6 Å². The predicted octanol–water partition coefficient (Wildman–Crippen LogP) is 4.97. The van der Waals surface area contributed by atoms with E-state index in [1.54, 1.807) is 43.1 Å². The highest BCUT2D eigenvalue weighted by Crippen LogP contribution is 2.33. The molecule has 0 aliphatic rings. The van der Waals surface area contributed by atoms with E-state index in [2.05, 4.69) is 64.4 Å². The summed E-state index contributed by atoms with van der Waals surface area (Å²) in [5, 5.41) is 7.31. The third-order valence-corrected chi connectivity index (χ3v) is 5.94. The van der Waals surface area contributed by atoms with Gasteiger partial charge >= 0.3 is 0 Å². The van der Waals surface area contributed by atoms with E-state index in [9.17, 15) is 4.79 Å². The molecule has 0 spiro atoms. The Hall–Kier alpha value is -5.18. The minimum atomic E-state index is -0.312. The molecule has 2 aromatic carbocycles. The highest BCUT2D eigenvalue weighted by molar-refractivity contribution is 6.08. The molecular weight excluding hydrogens is 452 g/mol. The predicted molar refractivity (Wildman–Crippen MR) is 139 cm³/mol. The number of nitrogens with one attached hydrogen (secondary N) is 2. The molecule has 9 heteroatoms. The molecule has 0 unspecified atom stereocenters. The molecule has 0 bridgehead atoms. The molecule has 0 fully saturated rings. The minimum Gasteiger partial charge on any atom is -0.354 e. The monoisotopic (exact) mass is 472 g/mol. The molecule has 36 heavy (non-hydrogen) atoms. The number of benzene rings is 2. The molecule has 9 nitrogen and oxygen atoms in total. The van der Waals surface area contributed by atoms with E-state index < -0.39 is 0 Å². The minimum absolute atomic E-state index is 0.312. The Morgan fingerprint density at radius 2 is 1.78 bits per heavy atom. The van der Waals surface area contributed by atoms with Gasteiger partial charge < -0.3 is 15.2 Å². The van der Waals surface area contributed by atoms with Crippen LogP contribution in [-0.2, 0) is 7.05 Å². The Balaban J connectivity index is 1.41. The second-order valence-corrected chi connectivity index (χ2v) is 8.24.